The van der Waals surface area contributed by atoms with Crippen molar-refractivity contribution in [3.05, 3.63) is 66.0 Å². The molecule has 0 spiro atoms. The van der Waals surface area contributed by atoms with E-state index in [0.29, 0.717) is 6.54 Å². The summed E-state index contributed by atoms with van der Waals surface area (Å²) in [5.41, 5.74) is 10.6. The molecule has 0 fully saturated rings. The highest BCUT2D eigenvalue weighted by molar-refractivity contribution is 5.75. The van der Waals surface area contributed by atoms with E-state index in [9.17, 15) is 0 Å². The predicted molar refractivity (Wildman–Crippen MR) is 78.1 cm³/mol. The van der Waals surface area contributed by atoms with Crippen LogP contribution in [0.2, 0.25) is 0 Å². The molecule has 3 heteroatoms. The molecule has 3 aromatic rings. The zero-order chi connectivity index (χ0) is 13.2. The van der Waals surface area contributed by atoms with Gasteiger partial charge < -0.3 is 10.3 Å². The maximum absolute atomic E-state index is 5.99. The van der Waals surface area contributed by atoms with Crippen LogP contribution in [-0.4, -0.2) is 16.1 Å². The zero-order valence-corrected chi connectivity index (χ0v) is 11.0. The number of fused-ring (bicyclic) bond motifs is 1. The van der Waals surface area contributed by atoms with Gasteiger partial charge in [0.15, 0.2) is 0 Å². The van der Waals surface area contributed by atoms with Gasteiger partial charge in [-0.25, -0.2) is 4.98 Å². The van der Waals surface area contributed by atoms with Crippen molar-refractivity contribution in [2.45, 2.75) is 13.0 Å². The maximum Gasteiger partial charge on any atom is 0.0964 e. The Morgan fingerprint density at radius 2 is 2.00 bits per heavy atom. The van der Waals surface area contributed by atoms with Crippen LogP contribution in [0.25, 0.3) is 11.0 Å². The Labute approximate surface area is 112 Å². The van der Waals surface area contributed by atoms with Crippen molar-refractivity contribution in [2.24, 2.45) is 5.73 Å². The number of rotatable bonds is 3. The molecular weight excluding hydrogens is 234 g/mol. The molecular formula is C16H17N3. The van der Waals surface area contributed by atoms with E-state index in [0.717, 1.165) is 11.0 Å². The van der Waals surface area contributed by atoms with Gasteiger partial charge in [0.1, 0.15) is 0 Å². The van der Waals surface area contributed by atoms with Gasteiger partial charge in [0.25, 0.3) is 0 Å². The fourth-order valence-electron chi connectivity index (χ4n) is 2.51. The standard InChI is InChI=1S/C16H17N3/c1-12-5-4-6-13(9-12)16(10-17)19-11-18-14-7-2-3-8-15(14)19/h2-9,11,16H,10,17H2,1H3. The molecule has 2 aromatic carbocycles. The van der Waals surface area contributed by atoms with Crippen molar-refractivity contribution in [2.75, 3.05) is 6.54 Å². The minimum atomic E-state index is 0.132. The largest absolute Gasteiger partial charge is 0.328 e. The lowest BCUT2D eigenvalue weighted by molar-refractivity contribution is 0.610. The molecule has 1 aromatic heterocycles. The molecule has 0 radical (unpaired) electrons. The van der Waals surface area contributed by atoms with E-state index >= 15 is 0 Å². The van der Waals surface area contributed by atoms with E-state index in [1.165, 1.54) is 11.1 Å². The van der Waals surface area contributed by atoms with Crippen LogP contribution in [0.3, 0.4) is 0 Å². The second-order valence-corrected chi connectivity index (χ2v) is 4.81. The molecule has 0 amide bonds. The SMILES string of the molecule is Cc1cccc(C(CN)n2cnc3ccccc32)c1. The van der Waals surface area contributed by atoms with Crippen molar-refractivity contribution < 1.29 is 0 Å². The normalized spacial score (nSPS) is 12.7. The molecule has 0 saturated carbocycles. The highest BCUT2D eigenvalue weighted by Gasteiger charge is 2.14. The van der Waals surface area contributed by atoms with Crippen molar-refractivity contribution >= 4 is 11.0 Å². The lowest BCUT2D eigenvalue weighted by Crippen LogP contribution is -2.19. The van der Waals surface area contributed by atoms with Gasteiger partial charge in [-0.05, 0) is 24.6 Å². The van der Waals surface area contributed by atoms with E-state index in [1.54, 1.807) is 0 Å². The number of aryl methyl sites for hydroxylation is 1. The lowest BCUT2D eigenvalue weighted by Gasteiger charge is -2.18. The number of nitrogens with zero attached hydrogens (tertiary/aromatic N) is 2. The van der Waals surface area contributed by atoms with Crippen LogP contribution < -0.4 is 5.73 Å². The first-order valence-corrected chi connectivity index (χ1v) is 6.48. The first kappa shape index (κ1) is 11.9. The van der Waals surface area contributed by atoms with Gasteiger partial charge in [0, 0.05) is 6.54 Å². The molecule has 0 aliphatic heterocycles. The first-order valence-electron chi connectivity index (χ1n) is 6.48. The fraction of sp³-hybridized carbons (Fsp3) is 0.188. The minimum absolute atomic E-state index is 0.132. The summed E-state index contributed by atoms with van der Waals surface area (Å²) < 4.78 is 2.16. The average molecular weight is 251 g/mol. The fourth-order valence-corrected chi connectivity index (χ4v) is 2.51. The Morgan fingerprint density at radius 1 is 1.16 bits per heavy atom. The highest BCUT2D eigenvalue weighted by atomic mass is 15.1. The third kappa shape index (κ3) is 2.13. The van der Waals surface area contributed by atoms with Gasteiger partial charge in [-0.3, -0.25) is 0 Å². The smallest absolute Gasteiger partial charge is 0.0964 e. The summed E-state index contributed by atoms with van der Waals surface area (Å²) in [4.78, 5) is 4.44. The number of aromatic nitrogens is 2. The highest BCUT2D eigenvalue weighted by Crippen LogP contribution is 2.23. The van der Waals surface area contributed by atoms with Crippen LogP contribution >= 0.6 is 0 Å². The molecule has 2 N–H and O–H groups in total. The Balaban J connectivity index is 2.12. The van der Waals surface area contributed by atoms with Crippen LogP contribution in [0, 0.1) is 6.92 Å². The van der Waals surface area contributed by atoms with Gasteiger partial charge in [-0.1, -0.05) is 42.0 Å². The monoisotopic (exact) mass is 251 g/mol. The van der Waals surface area contributed by atoms with Gasteiger partial charge >= 0.3 is 0 Å². The topological polar surface area (TPSA) is 43.8 Å². The third-order valence-corrected chi connectivity index (χ3v) is 3.47. The molecule has 0 bridgehead atoms. The number of benzene rings is 2. The summed E-state index contributed by atoms with van der Waals surface area (Å²) in [6.45, 7) is 2.66. The van der Waals surface area contributed by atoms with Crippen molar-refractivity contribution in [3.8, 4) is 0 Å². The van der Waals surface area contributed by atoms with Crippen LogP contribution in [-0.2, 0) is 0 Å². The summed E-state index contributed by atoms with van der Waals surface area (Å²) in [6.07, 6.45) is 1.88. The molecule has 0 aliphatic carbocycles. The van der Waals surface area contributed by atoms with E-state index in [-0.39, 0.29) is 6.04 Å². The summed E-state index contributed by atoms with van der Waals surface area (Å²) in [6, 6.07) is 16.8. The van der Waals surface area contributed by atoms with Gasteiger partial charge in [-0.15, -0.1) is 0 Å². The zero-order valence-electron chi connectivity index (χ0n) is 11.0. The van der Waals surface area contributed by atoms with Crippen LogP contribution in [0.5, 0.6) is 0 Å². The van der Waals surface area contributed by atoms with Crippen LogP contribution in [0.1, 0.15) is 17.2 Å². The van der Waals surface area contributed by atoms with E-state index in [1.807, 2.05) is 24.5 Å². The van der Waals surface area contributed by atoms with Crippen LogP contribution in [0.4, 0.5) is 0 Å². The molecule has 1 atom stereocenters. The molecule has 1 unspecified atom stereocenters. The van der Waals surface area contributed by atoms with E-state index in [2.05, 4.69) is 46.8 Å². The molecule has 0 saturated heterocycles. The number of para-hydroxylation sites is 2. The summed E-state index contributed by atoms with van der Waals surface area (Å²) in [5.74, 6) is 0. The number of imidazole rings is 1. The number of hydrogen-bond donors (Lipinski definition) is 1. The summed E-state index contributed by atoms with van der Waals surface area (Å²) in [5, 5.41) is 0. The van der Waals surface area contributed by atoms with Gasteiger partial charge in [-0.2, -0.15) is 0 Å². The third-order valence-electron chi connectivity index (χ3n) is 3.47. The van der Waals surface area contributed by atoms with Crippen molar-refractivity contribution in [1.29, 1.82) is 0 Å². The molecule has 3 rings (SSSR count). The lowest BCUT2D eigenvalue weighted by atomic mass is 10.0. The molecule has 0 aliphatic rings. The number of nitrogens with two attached hydrogens (primary N) is 1. The number of hydrogen-bond acceptors (Lipinski definition) is 2. The van der Waals surface area contributed by atoms with Gasteiger partial charge in [0.2, 0.25) is 0 Å². The van der Waals surface area contributed by atoms with E-state index in [4.69, 9.17) is 5.73 Å². The van der Waals surface area contributed by atoms with Crippen molar-refractivity contribution in [3.63, 3.8) is 0 Å². The summed E-state index contributed by atoms with van der Waals surface area (Å²) in [7, 11) is 0. The molecule has 1 heterocycles. The van der Waals surface area contributed by atoms with Gasteiger partial charge in [0.05, 0.1) is 23.4 Å². The maximum atomic E-state index is 5.99. The first-order chi connectivity index (χ1) is 9.29. The molecule has 96 valence electrons. The van der Waals surface area contributed by atoms with Crippen molar-refractivity contribution in [1.82, 2.24) is 9.55 Å². The Bertz CT molecular complexity index is 700. The van der Waals surface area contributed by atoms with E-state index < -0.39 is 0 Å². The predicted octanol–water partition coefficient (Wildman–Crippen LogP) is 2.89. The molecule has 19 heavy (non-hydrogen) atoms. The Kier molecular flexibility index (Phi) is 3.05. The second-order valence-electron chi connectivity index (χ2n) is 4.81. The Hall–Kier alpha value is -2.13. The minimum Gasteiger partial charge on any atom is -0.328 e. The van der Waals surface area contributed by atoms with Crippen LogP contribution in [0.15, 0.2) is 54.9 Å². The second kappa shape index (κ2) is 4.86. The quantitative estimate of drug-likeness (QED) is 0.778. The molecule has 3 nitrogen and oxygen atoms in total. The average Bonchev–Trinajstić information content (AvgIpc) is 2.84. The Morgan fingerprint density at radius 3 is 2.79 bits per heavy atom. The summed E-state index contributed by atoms with van der Waals surface area (Å²) >= 11 is 0.